The predicted molar refractivity (Wildman–Crippen MR) is 98.1 cm³/mol. The molecule has 1 fully saturated rings. The van der Waals surface area contributed by atoms with Gasteiger partial charge in [0.05, 0.1) is 11.0 Å². The number of benzene rings is 2. The minimum atomic E-state index is -1.08. The van der Waals surface area contributed by atoms with E-state index in [-0.39, 0.29) is 17.0 Å². The van der Waals surface area contributed by atoms with Crippen LogP contribution in [0, 0.1) is 27.2 Å². The number of piperidine rings is 1. The van der Waals surface area contributed by atoms with Crippen molar-refractivity contribution in [3.63, 3.8) is 0 Å². The Bertz CT molecular complexity index is 975. The molecule has 1 saturated heterocycles. The summed E-state index contributed by atoms with van der Waals surface area (Å²) >= 11 is 0. The van der Waals surface area contributed by atoms with E-state index >= 15 is 0 Å². The van der Waals surface area contributed by atoms with Crippen LogP contribution in [-0.4, -0.2) is 21.8 Å². The van der Waals surface area contributed by atoms with Gasteiger partial charge in [0.25, 0.3) is 5.69 Å². The van der Waals surface area contributed by atoms with E-state index in [1.54, 1.807) is 13.8 Å². The normalized spacial score (nSPS) is 18.4. The van der Waals surface area contributed by atoms with Crippen LogP contribution in [0.5, 0.6) is 5.75 Å². The Balaban J connectivity index is 1.91. The van der Waals surface area contributed by atoms with Gasteiger partial charge in [-0.3, -0.25) is 14.9 Å². The number of carbonyl (C=O) groups excluding carboxylic acids is 2. The fourth-order valence-corrected chi connectivity index (χ4v) is 3.23. The summed E-state index contributed by atoms with van der Waals surface area (Å²) in [6, 6.07) is 7.20. The Morgan fingerprint density at radius 1 is 1.17 bits per heavy atom. The standard InChI is InChI=1S/C20H18F2N2O5/c1-20(2)10-9-17(12-3-8-15(21)16(22)11-12)23(18(20)25)19(26)29-14-6-4-13(5-7-14)24(27)28/h3-8,11,17H,9-10H2,1-2H3. The minimum absolute atomic E-state index is 0.0146. The molecule has 2 amide bonds. The van der Waals surface area contributed by atoms with Crippen LogP contribution in [0.25, 0.3) is 0 Å². The summed E-state index contributed by atoms with van der Waals surface area (Å²) in [5.74, 6) is -2.61. The average molecular weight is 404 g/mol. The molecule has 0 N–H and O–H groups in total. The Morgan fingerprint density at radius 3 is 2.41 bits per heavy atom. The number of rotatable bonds is 3. The Kier molecular flexibility index (Phi) is 5.32. The third-order valence-corrected chi connectivity index (χ3v) is 4.93. The lowest BCUT2D eigenvalue weighted by atomic mass is 9.79. The molecule has 0 radical (unpaired) electrons. The molecule has 2 aromatic rings. The zero-order valence-electron chi connectivity index (χ0n) is 15.7. The fourth-order valence-electron chi connectivity index (χ4n) is 3.23. The molecule has 0 saturated carbocycles. The van der Waals surface area contributed by atoms with Gasteiger partial charge < -0.3 is 4.74 Å². The first-order valence-corrected chi connectivity index (χ1v) is 8.85. The number of hydrogen-bond acceptors (Lipinski definition) is 5. The first kappa shape index (κ1) is 20.4. The van der Waals surface area contributed by atoms with E-state index in [1.807, 2.05) is 0 Å². The number of amides is 2. The lowest BCUT2D eigenvalue weighted by Crippen LogP contribution is -2.51. The Morgan fingerprint density at radius 2 is 1.83 bits per heavy atom. The van der Waals surface area contributed by atoms with Gasteiger partial charge in [-0.2, -0.15) is 0 Å². The van der Waals surface area contributed by atoms with Crippen LogP contribution in [-0.2, 0) is 4.79 Å². The van der Waals surface area contributed by atoms with E-state index in [4.69, 9.17) is 4.74 Å². The SMILES string of the molecule is CC1(C)CCC(c2ccc(F)c(F)c2)N(C(=O)Oc2ccc([N+](=O)[O-])cc2)C1=O. The summed E-state index contributed by atoms with van der Waals surface area (Å²) in [5.41, 5.74) is -0.753. The molecule has 3 rings (SSSR count). The van der Waals surface area contributed by atoms with Crippen LogP contribution < -0.4 is 4.74 Å². The van der Waals surface area contributed by atoms with Crippen molar-refractivity contribution in [3.8, 4) is 5.75 Å². The molecule has 0 spiro atoms. The Hall–Kier alpha value is -3.36. The second-order valence-electron chi connectivity index (χ2n) is 7.41. The van der Waals surface area contributed by atoms with Gasteiger partial charge in [0, 0.05) is 17.5 Å². The summed E-state index contributed by atoms with van der Waals surface area (Å²) < 4.78 is 32.2. The van der Waals surface area contributed by atoms with Crippen molar-refractivity contribution in [1.29, 1.82) is 0 Å². The second kappa shape index (κ2) is 7.57. The van der Waals surface area contributed by atoms with Crippen LogP contribution in [0.1, 0.15) is 38.3 Å². The van der Waals surface area contributed by atoms with Gasteiger partial charge in [0.2, 0.25) is 5.91 Å². The number of carbonyl (C=O) groups is 2. The van der Waals surface area contributed by atoms with Crippen molar-refractivity contribution in [2.24, 2.45) is 5.41 Å². The van der Waals surface area contributed by atoms with E-state index < -0.39 is 40.0 Å². The van der Waals surface area contributed by atoms with Gasteiger partial charge in [-0.25, -0.2) is 18.5 Å². The molecule has 0 bridgehead atoms. The summed E-state index contributed by atoms with van der Waals surface area (Å²) in [6.45, 7) is 3.37. The summed E-state index contributed by atoms with van der Waals surface area (Å²) in [6.07, 6.45) is -0.206. The predicted octanol–water partition coefficient (Wildman–Crippen LogP) is 4.76. The molecular weight excluding hydrogens is 386 g/mol. The maximum Gasteiger partial charge on any atom is 0.422 e. The molecule has 1 aliphatic rings. The van der Waals surface area contributed by atoms with E-state index in [1.165, 1.54) is 18.2 Å². The molecule has 29 heavy (non-hydrogen) atoms. The molecular formula is C20H18F2N2O5. The van der Waals surface area contributed by atoms with Gasteiger partial charge in [-0.05, 0) is 42.7 Å². The molecule has 1 heterocycles. The molecule has 9 heteroatoms. The van der Waals surface area contributed by atoms with Crippen molar-refractivity contribution in [2.75, 3.05) is 0 Å². The van der Waals surface area contributed by atoms with E-state index in [0.29, 0.717) is 12.8 Å². The maximum atomic E-state index is 13.7. The highest BCUT2D eigenvalue weighted by Crippen LogP contribution is 2.41. The molecule has 7 nitrogen and oxygen atoms in total. The minimum Gasteiger partial charge on any atom is -0.410 e. The van der Waals surface area contributed by atoms with Crippen LogP contribution in [0.4, 0.5) is 19.3 Å². The van der Waals surface area contributed by atoms with Crippen LogP contribution in [0.2, 0.25) is 0 Å². The zero-order chi connectivity index (χ0) is 21.3. The largest absolute Gasteiger partial charge is 0.422 e. The maximum absolute atomic E-state index is 13.7. The second-order valence-corrected chi connectivity index (χ2v) is 7.41. The lowest BCUT2D eigenvalue weighted by Gasteiger charge is -2.41. The van der Waals surface area contributed by atoms with Gasteiger partial charge in [0.15, 0.2) is 11.6 Å². The first-order valence-electron chi connectivity index (χ1n) is 8.85. The van der Waals surface area contributed by atoms with Crippen LogP contribution >= 0.6 is 0 Å². The number of nitro benzene ring substituents is 1. The van der Waals surface area contributed by atoms with Gasteiger partial charge >= 0.3 is 6.09 Å². The van der Waals surface area contributed by atoms with Gasteiger partial charge in [-0.1, -0.05) is 19.9 Å². The van der Waals surface area contributed by atoms with E-state index in [9.17, 15) is 28.5 Å². The number of ether oxygens (including phenoxy) is 1. The summed E-state index contributed by atoms with van der Waals surface area (Å²) in [4.78, 5) is 36.8. The lowest BCUT2D eigenvalue weighted by molar-refractivity contribution is -0.384. The molecule has 1 aliphatic heterocycles. The number of imide groups is 1. The zero-order valence-corrected chi connectivity index (χ0v) is 15.7. The molecule has 0 aliphatic carbocycles. The topological polar surface area (TPSA) is 89.8 Å². The first-order chi connectivity index (χ1) is 13.6. The highest BCUT2D eigenvalue weighted by Gasteiger charge is 2.45. The number of halogens is 2. The van der Waals surface area contributed by atoms with Crippen molar-refractivity contribution in [2.45, 2.75) is 32.7 Å². The van der Waals surface area contributed by atoms with Crippen molar-refractivity contribution in [1.82, 2.24) is 4.90 Å². The number of nitro groups is 1. The smallest absolute Gasteiger partial charge is 0.410 e. The Labute approximate surface area is 165 Å². The van der Waals surface area contributed by atoms with Gasteiger partial charge in [-0.15, -0.1) is 0 Å². The average Bonchev–Trinajstić information content (AvgIpc) is 2.66. The van der Waals surface area contributed by atoms with E-state index in [0.717, 1.165) is 29.2 Å². The highest BCUT2D eigenvalue weighted by molar-refractivity contribution is 5.96. The van der Waals surface area contributed by atoms with Crippen LogP contribution in [0.3, 0.4) is 0 Å². The summed E-state index contributed by atoms with van der Waals surface area (Å²) in [5, 5.41) is 10.7. The number of likely N-dealkylation sites (tertiary alicyclic amines) is 1. The highest BCUT2D eigenvalue weighted by atomic mass is 19.2. The molecule has 1 atom stereocenters. The number of non-ortho nitro benzene ring substituents is 1. The van der Waals surface area contributed by atoms with Crippen molar-refractivity contribution in [3.05, 3.63) is 69.8 Å². The van der Waals surface area contributed by atoms with E-state index in [2.05, 4.69) is 0 Å². The van der Waals surface area contributed by atoms with Crippen molar-refractivity contribution >= 4 is 17.7 Å². The molecule has 2 aromatic carbocycles. The third-order valence-electron chi connectivity index (χ3n) is 4.93. The summed E-state index contributed by atoms with van der Waals surface area (Å²) in [7, 11) is 0. The third kappa shape index (κ3) is 4.08. The van der Waals surface area contributed by atoms with Crippen molar-refractivity contribution < 1.29 is 28.0 Å². The molecule has 1 unspecified atom stereocenters. The number of hydrogen-bond donors (Lipinski definition) is 0. The quantitative estimate of drug-likeness (QED) is 0.543. The molecule has 0 aromatic heterocycles. The van der Waals surface area contributed by atoms with Gasteiger partial charge in [0.1, 0.15) is 5.75 Å². The number of nitrogens with zero attached hydrogens (tertiary/aromatic N) is 2. The monoisotopic (exact) mass is 404 g/mol. The fraction of sp³-hybridized carbons (Fsp3) is 0.300. The molecule has 152 valence electrons. The van der Waals surface area contributed by atoms with Crippen LogP contribution in [0.15, 0.2) is 42.5 Å².